The molecule has 0 rings (SSSR count). The molecule has 0 aliphatic carbocycles. The Kier molecular flexibility index (Phi) is 14.1. The van der Waals surface area contributed by atoms with Gasteiger partial charge in [0.2, 0.25) is 5.91 Å². The Bertz CT molecular complexity index is 300. The van der Waals surface area contributed by atoms with Gasteiger partial charge in [-0.15, -0.1) is 0 Å². The molecule has 0 fully saturated rings. The first-order valence-electron chi connectivity index (χ1n) is 8.35. The van der Waals surface area contributed by atoms with Crippen LogP contribution in [0.25, 0.3) is 0 Å². The largest absolute Gasteiger partial charge is 0.478 e. The highest BCUT2D eigenvalue weighted by Gasteiger charge is 1.96. The lowest BCUT2D eigenvalue weighted by atomic mass is 10.1. The van der Waals surface area contributed by atoms with Crippen LogP contribution in [0.3, 0.4) is 0 Å². The molecule has 0 aromatic heterocycles. The van der Waals surface area contributed by atoms with Gasteiger partial charge in [-0.05, 0) is 6.42 Å². The van der Waals surface area contributed by atoms with E-state index in [9.17, 15) is 9.59 Å². The van der Waals surface area contributed by atoms with Gasteiger partial charge in [-0.2, -0.15) is 0 Å². The van der Waals surface area contributed by atoms with Crippen LogP contribution in [0.15, 0.2) is 12.2 Å². The highest BCUT2D eigenvalue weighted by molar-refractivity contribution is 5.93. The zero-order valence-electron chi connectivity index (χ0n) is 13.4. The van der Waals surface area contributed by atoms with E-state index in [2.05, 4.69) is 12.2 Å². The second kappa shape index (κ2) is 15.1. The smallest absolute Gasteiger partial charge is 0.328 e. The van der Waals surface area contributed by atoms with E-state index in [0.717, 1.165) is 25.0 Å². The van der Waals surface area contributed by atoms with E-state index in [4.69, 9.17) is 5.11 Å². The fourth-order valence-corrected chi connectivity index (χ4v) is 2.21. The molecule has 0 atom stereocenters. The average molecular weight is 297 g/mol. The standard InChI is InChI=1S/C17H31NO3/c1-2-3-4-5-6-7-8-9-10-11-12-15-18-16(19)13-14-17(20)21/h13-14H,2-12,15H2,1H3,(H,18,19)(H,20,21)/b14-13-. The third-order valence-electron chi connectivity index (χ3n) is 3.46. The van der Waals surface area contributed by atoms with Gasteiger partial charge in [-0.3, -0.25) is 4.79 Å². The highest BCUT2D eigenvalue weighted by Crippen LogP contribution is 2.10. The van der Waals surface area contributed by atoms with Crippen LogP contribution in [0.4, 0.5) is 0 Å². The molecule has 0 spiro atoms. The fraction of sp³-hybridized carbons (Fsp3) is 0.765. The number of aliphatic carboxylic acids is 1. The summed E-state index contributed by atoms with van der Waals surface area (Å²) in [5.74, 6) is -1.43. The highest BCUT2D eigenvalue weighted by atomic mass is 16.4. The maximum Gasteiger partial charge on any atom is 0.328 e. The Morgan fingerprint density at radius 1 is 0.810 bits per heavy atom. The second-order valence-corrected chi connectivity index (χ2v) is 5.50. The summed E-state index contributed by atoms with van der Waals surface area (Å²) in [6.45, 7) is 2.87. The van der Waals surface area contributed by atoms with Gasteiger partial charge >= 0.3 is 5.97 Å². The molecular formula is C17H31NO3. The van der Waals surface area contributed by atoms with Crippen molar-refractivity contribution in [2.75, 3.05) is 6.54 Å². The molecule has 0 aromatic carbocycles. The van der Waals surface area contributed by atoms with E-state index in [1.165, 1.54) is 57.8 Å². The van der Waals surface area contributed by atoms with Crippen LogP contribution in [0.2, 0.25) is 0 Å². The van der Waals surface area contributed by atoms with Crippen molar-refractivity contribution in [3.8, 4) is 0 Å². The van der Waals surface area contributed by atoms with E-state index in [1.54, 1.807) is 0 Å². The van der Waals surface area contributed by atoms with Crippen LogP contribution in [0.5, 0.6) is 0 Å². The number of unbranched alkanes of at least 4 members (excludes halogenated alkanes) is 10. The quantitative estimate of drug-likeness (QED) is 0.375. The van der Waals surface area contributed by atoms with Gasteiger partial charge in [0.15, 0.2) is 0 Å². The number of carboxylic acids is 1. The monoisotopic (exact) mass is 297 g/mol. The summed E-state index contributed by atoms with van der Waals surface area (Å²) in [4.78, 5) is 21.4. The molecule has 0 radical (unpaired) electrons. The summed E-state index contributed by atoms with van der Waals surface area (Å²) in [7, 11) is 0. The molecule has 1 amide bonds. The first-order chi connectivity index (χ1) is 10.2. The summed E-state index contributed by atoms with van der Waals surface area (Å²) < 4.78 is 0. The molecule has 21 heavy (non-hydrogen) atoms. The van der Waals surface area contributed by atoms with Crippen LogP contribution in [0, 0.1) is 0 Å². The van der Waals surface area contributed by atoms with Gasteiger partial charge in [-0.25, -0.2) is 4.79 Å². The van der Waals surface area contributed by atoms with Gasteiger partial charge in [0.1, 0.15) is 0 Å². The first kappa shape index (κ1) is 19.7. The van der Waals surface area contributed by atoms with Crippen molar-refractivity contribution in [2.45, 2.75) is 77.6 Å². The molecule has 0 aromatic rings. The third kappa shape index (κ3) is 16.6. The van der Waals surface area contributed by atoms with Gasteiger partial charge < -0.3 is 10.4 Å². The molecule has 2 N–H and O–H groups in total. The third-order valence-corrected chi connectivity index (χ3v) is 3.46. The van der Waals surface area contributed by atoms with Crippen LogP contribution in [0.1, 0.15) is 77.6 Å². The lowest BCUT2D eigenvalue weighted by Gasteiger charge is -2.03. The lowest BCUT2D eigenvalue weighted by Crippen LogP contribution is -2.22. The molecule has 4 heteroatoms. The summed E-state index contributed by atoms with van der Waals surface area (Å²) >= 11 is 0. The predicted octanol–water partition coefficient (Wildman–Crippen LogP) is 4.05. The van der Waals surface area contributed by atoms with E-state index in [-0.39, 0.29) is 5.91 Å². The van der Waals surface area contributed by atoms with Crippen molar-refractivity contribution in [2.24, 2.45) is 0 Å². The van der Waals surface area contributed by atoms with E-state index in [1.807, 2.05) is 0 Å². The number of hydrogen-bond acceptors (Lipinski definition) is 2. The Balaban J connectivity index is 3.19. The summed E-state index contributed by atoms with van der Waals surface area (Å²) in [5, 5.41) is 11.0. The van der Waals surface area contributed by atoms with Crippen molar-refractivity contribution >= 4 is 11.9 Å². The summed E-state index contributed by atoms with van der Waals surface area (Å²) in [6, 6.07) is 0. The molecule has 4 nitrogen and oxygen atoms in total. The van der Waals surface area contributed by atoms with Crippen LogP contribution < -0.4 is 5.32 Å². The molecule has 0 aliphatic rings. The normalized spacial score (nSPS) is 10.9. The molecular weight excluding hydrogens is 266 g/mol. The van der Waals surface area contributed by atoms with E-state index >= 15 is 0 Å². The predicted molar refractivity (Wildman–Crippen MR) is 86.2 cm³/mol. The summed E-state index contributed by atoms with van der Waals surface area (Å²) in [6.07, 6.45) is 16.0. The lowest BCUT2D eigenvalue weighted by molar-refractivity contribution is -0.131. The van der Waals surface area contributed by atoms with Gasteiger partial charge in [0.05, 0.1) is 0 Å². The molecule has 0 saturated heterocycles. The zero-order valence-corrected chi connectivity index (χ0v) is 13.4. The van der Waals surface area contributed by atoms with Gasteiger partial charge in [0.25, 0.3) is 0 Å². The number of carbonyl (C=O) groups is 2. The van der Waals surface area contributed by atoms with Gasteiger partial charge in [-0.1, -0.05) is 71.1 Å². The Morgan fingerprint density at radius 3 is 1.76 bits per heavy atom. The maximum absolute atomic E-state index is 11.2. The minimum absolute atomic E-state index is 0.329. The number of nitrogens with one attached hydrogen (secondary N) is 1. The van der Waals surface area contributed by atoms with Crippen molar-refractivity contribution in [3.05, 3.63) is 12.2 Å². The van der Waals surface area contributed by atoms with E-state index < -0.39 is 5.97 Å². The number of amides is 1. The zero-order chi connectivity index (χ0) is 15.8. The minimum Gasteiger partial charge on any atom is -0.478 e. The van der Waals surface area contributed by atoms with E-state index in [0.29, 0.717) is 6.54 Å². The molecule has 0 saturated carbocycles. The maximum atomic E-state index is 11.2. The van der Waals surface area contributed by atoms with Crippen molar-refractivity contribution in [3.63, 3.8) is 0 Å². The van der Waals surface area contributed by atoms with Crippen molar-refractivity contribution in [1.82, 2.24) is 5.32 Å². The average Bonchev–Trinajstić information content (AvgIpc) is 2.46. The molecule has 0 heterocycles. The molecule has 122 valence electrons. The van der Waals surface area contributed by atoms with Crippen LogP contribution in [-0.2, 0) is 9.59 Å². The Hall–Kier alpha value is -1.32. The number of rotatable bonds is 14. The Labute approximate surface area is 129 Å². The number of hydrogen-bond donors (Lipinski definition) is 2. The fourth-order valence-electron chi connectivity index (χ4n) is 2.21. The first-order valence-corrected chi connectivity index (χ1v) is 8.35. The van der Waals surface area contributed by atoms with Gasteiger partial charge in [0, 0.05) is 18.7 Å². The summed E-state index contributed by atoms with van der Waals surface area (Å²) in [5.41, 5.74) is 0. The Morgan fingerprint density at radius 2 is 1.29 bits per heavy atom. The van der Waals surface area contributed by atoms with Crippen LogP contribution in [-0.4, -0.2) is 23.5 Å². The van der Waals surface area contributed by atoms with Crippen LogP contribution >= 0.6 is 0 Å². The van der Waals surface area contributed by atoms with Crippen molar-refractivity contribution < 1.29 is 14.7 Å². The van der Waals surface area contributed by atoms with Crippen molar-refractivity contribution in [1.29, 1.82) is 0 Å². The SMILES string of the molecule is CCCCCCCCCCCCCNC(=O)/C=C\C(=O)O. The topological polar surface area (TPSA) is 66.4 Å². The molecule has 0 aliphatic heterocycles. The molecule has 0 bridgehead atoms. The number of carbonyl (C=O) groups excluding carboxylic acids is 1. The number of carboxylic acid groups (broad SMARTS) is 1. The molecule has 0 unspecified atom stereocenters. The minimum atomic E-state index is -1.10. The second-order valence-electron chi connectivity index (χ2n) is 5.50.